The third-order valence-corrected chi connectivity index (χ3v) is 3.82. The maximum atomic E-state index is 12.0. The van der Waals surface area contributed by atoms with Gasteiger partial charge in [0, 0.05) is 10.6 Å². The van der Waals surface area contributed by atoms with Gasteiger partial charge in [0.1, 0.15) is 0 Å². The van der Waals surface area contributed by atoms with Crippen LogP contribution in [0.25, 0.3) is 10.2 Å². The van der Waals surface area contributed by atoms with Gasteiger partial charge in [0.05, 0.1) is 10.2 Å². The number of rotatable bonds is 2. The first-order valence-electron chi connectivity index (χ1n) is 5.65. The van der Waals surface area contributed by atoms with E-state index in [0.29, 0.717) is 15.7 Å². The predicted octanol–water partition coefficient (Wildman–Crippen LogP) is 4.20. The van der Waals surface area contributed by atoms with E-state index >= 15 is 0 Å². The van der Waals surface area contributed by atoms with Gasteiger partial charge in [-0.1, -0.05) is 35.1 Å². The first kappa shape index (κ1) is 12.1. The second kappa shape index (κ2) is 4.99. The molecule has 0 aliphatic rings. The minimum absolute atomic E-state index is 0.185. The van der Waals surface area contributed by atoms with E-state index in [1.165, 1.54) is 11.3 Å². The fourth-order valence-corrected chi connectivity index (χ4v) is 2.68. The van der Waals surface area contributed by atoms with Crippen molar-refractivity contribution in [3.8, 4) is 0 Å². The molecule has 0 fully saturated rings. The van der Waals surface area contributed by atoms with Crippen molar-refractivity contribution in [2.24, 2.45) is 0 Å². The Morgan fingerprint density at radius 3 is 2.58 bits per heavy atom. The number of anilines is 1. The number of benzene rings is 2. The number of hydrogen-bond acceptors (Lipinski definition) is 3. The molecule has 5 heteroatoms. The maximum Gasteiger partial charge on any atom is 0.257 e. The van der Waals surface area contributed by atoms with E-state index in [0.717, 1.165) is 10.2 Å². The van der Waals surface area contributed by atoms with E-state index in [2.05, 4.69) is 10.3 Å². The van der Waals surface area contributed by atoms with Gasteiger partial charge in [0.25, 0.3) is 5.91 Å². The van der Waals surface area contributed by atoms with Crippen LogP contribution in [0.2, 0.25) is 5.02 Å². The molecule has 0 atom stereocenters. The van der Waals surface area contributed by atoms with Crippen molar-refractivity contribution in [1.82, 2.24) is 4.98 Å². The molecular weight excluding hydrogens is 280 g/mol. The second-order valence-corrected chi connectivity index (χ2v) is 5.41. The Bertz CT molecular complexity index is 704. The van der Waals surface area contributed by atoms with E-state index in [9.17, 15) is 4.79 Å². The molecule has 3 nitrogen and oxygen atoms in total. The zero-order chi connectivity index (χ0) is 13.2. The van der Waals surface area contributed by atoms with Crippen molar-refractivity contribution in [2.75, 3.05) is 5.32 Å². The molecule has 0 aliphatic carbocycles. The first-order valence-corrected chi connectivity index (χ1v) is 6.84. The quantitative estimate of drug-likeness (QED) is 0.768. The highest BCUT2D eigenvalue weighted by molar-refractivity contribution is 7.22. The summed E-state index contributed by atoms with van der Waals surface area (Å²) in [5, 5.41) is 4.00. The van der Waals surface area contributed by atoms with Crippen molar-refractivity contribution < 1.29 is 4.79 Å². The number of nitrogens with zero attached hydrogens (tertiary/aromatic N) is 1. The molecule has 0 saturated carbocycles. The van der Waals surface area contributed by atoms with Crippen molar-refractivity contribution in [1.29, 1.82) is 0 Å². The Kier molecular flexibility index (Phi) is 3.19. The number of carbonyl (C=O) groups is 1. The molecule has 1 N–H and O–H groups in total. The van der Waals surface area contributed by atoms with Crippen LogP contribution < -0.4 is 5.32 Å². The molecule has 3 aromatic rings. The van der Waals surface area contributed by atoms with Crippen LogP contribution in [0.5, 0.6) is 0 Å². The number of para-hydroxylation sites is 1. The smallest absolute Gasteiger partial charge is 0.257 e. The Balaban J connectivity index is 1.84. The van der Waals surface area contributed by atoms with Crippen LogP contribution >= 0.6 is 22.9 Å². The van der Waals surface area contributed by atoms with E-state index in [-0.39, 0.29) is 5.91 Å². The van der Waals surface area contributed by atoms with Crippen LogP contribution in [-0.4, -0.2) is 10.9 Å². The average molecular weight is 289 g/mol. The van der Waals surface area contributed by atoms with E-state index in [4.69, 9.17) is 11.6 Å². The summed E-state index contributed by atoms with van der Waals surface area (Å²) in [6.45, 7) is 0. The molecule has 0 spiro atoms. The lowest BCUT2D eigenvalue weighted by Gasteiger charge is -2.01. The third kappa shape index (κ3) is 2.59. The SMILES string of the molecule is O=C(Nc1nc2ccccc2s1)c1ccc(Cl)cc1. The molecule has 94 valence electrons. The van der Waals surface area contributed by atoms with Gasteiger partial charge in [-0.05, 0) is 36.4 Å². The summed E-state index contributed by atoms with van der Waals surface area (Å²) in [4.78, 5) is 16.4. The summed E-state index contributed by atoms with van der Waals surface area (Å²) < 4.78 is 1.05. The third-order valence-electron chi connectivity index (χ3n) is 2.62. The Morgan fingerprint density at radius 1 is 1.11 bits per heavy atom. The molecule has 3 rings (SSSR count). The highest BCUT2D eigenvalue weighted by Crippen LogP contribution is 2.25. The van der Waals surface area contributed by atoms with Gasteiger partial charge in [-0.3, -0.25) is 10.1 Å². The molecule has 0 radical (unpaired) electrons. The van der Waals surface area contributed by atoms with Crippen molar-refractivity contribution >= 4 is 44.2 Å². The minimum Gasteiger partial charge on any atom is -0.298 e. The topological polar surface area (TPSA) is 42.0 Å². The van der Waals surface area contributed by atoms with Gasteiger partial charge in [-0.25, -0.2) is 4.98 Å². The molecule has 0 aliphatic heterocycles. The van der Waals surface area contributed by atoms with Gasteiger partial charge < -0.3 is 0 Å². The van der Waals surface area contributed by atoms with Crippen molar-refractivity contribution in [3.05, 3.63) is 59.1 Å². The summed E-state index contributed by atoms with van der Waals surface area (Å²) in [6.07, 6.45) is 0. The summed E-state index contributed by atoms with van der Waals surface area (Å²) >= 11 is 7.24. The molecular formula is C14H9ClN2OS. The minimum atomic E-state index is -0.185. The van der Waals surface area contributed by atoms with Crippen LogP contribution in [0.3, 0.4) is 0 Å². The highest BCUT2D eigenvalue weighted by atomic mass is 35.5. The normalized spacial score (nSPS) is 10.6. The number of hydrogen-bond donors (Lipinski definition) is 1. The van der Waals surface area contributed by atoms with E-state index in [1.807, 2.05) is 24.3 Å². The lowest BCUT2D eigenvalue weighted by atomic mass is 10.2. The summed E-state index contributed by atoms with van der Waals surface area (Å²) in [5.41, 5.74) is 1.45. The summed E-state index contributed by atoms with van der Waals surface area (Å²) in [7, 11) is 0. The summed E-state index contributed by atoms with van der Waals surface area (Å²) in [5.74, 6) is -0.185. The van der Waals surface area contributed by atoms with Gasteiger partial charge in [-0.2, -0.15) is 0 Å². The van der Waals surface area contributed by atoms with Gasteiger partial charge >= 0.3 is 0 Å². The number of amides is 1. The lowest BCUT2D eigenvalue weighted by Crippen LogP contribution is -2.11. The van der Waals surface area contributed by atoms with Gasteiger partial charge in [-0.15, -0.1) is 0 Å². The monoisotopic (exact) mass is 288 g/mol. The number of thiazole rings is 1. The van der Waals surface area contributed by atoms with E-state index in [1.54, 1.807) is 24.3 Å². The first-order chi connectivity index (χ1) is 9.22. The van der Waals surface area contributed by atoms with Crippen LogP contribution in [0.15, 0.2) is 48.5 Å². The molecule has 2 aromatic carbocycles. The molecule has 19 heavy (non-hydrogen) atoms. The molecule has 1 heterocycles. The largest absolute Gasteiger partial charge is 0.298 e. The fraction of sp³-hybridized carbons (Fsp3) is 0. The second-order valence-electron chi connectivity index (χ2n) is 3.95. The highest BCUT2D eigenvalue weighted by Gasteiger charge is 2.09. The Hall–Kier alpha value is -1.91. The van der Waals surface area contributed by atoms with Gasteiger partial charge in [0.15, 0.2) is 5.13 Å². The summed E-state index contributed by atoms with van der Waals surface area (Å²) in [6, 6.07) is 14.5. The number of carbonyl (C=O) groups excluding carboxylic acids is 1. The lowest BCUT2D eigenvalue weighted by molar-refractivity contribution is 0.102. The standard InChI is InChI=1S/C14H9ClN2OS/c15-10-7-5-9(6-8-10)13(18)17-14-16-11-3-1-2-4-12(11)19-14/h1-8H,(H,16,17,18). The predicted molar refractivity (Wildman–Crippen MR) is 79.0 cm³/mol. The van der Waals surface area contributed by atoms with Gasteiger partial charge in [0.2, 0.25) is 0 Å². The van der Waals surface area contributed by atoms with Crippen LogP contribution in [0.4, 0.5) is 5.13 Å². The zero-order valence-corrected chi connectivity index (χ0v) is 11.3. The van der Waals surface area contributed by atoms with Crippen molar-refractivity contribution in [3.63, 3.8) is 0 Å². The average Bonchev–Trinajstić information content (AvgIpc) is 2.81. The van der Waals surface area contributed by atoms with Crippen LogP contribution in [0.1, 0.15) is 10.4 Å². The van der Waals surface area contributed by atoms with E-state index < -0.39 is 0 Å². The Labute approximate surface area is 118 Å². The van der Waals surface area contributed by atoms with Crippen LogP contribution in [-0.2, 0) is 0 Å². The molecule has 0 unspecified atom stereocenters. The molecule has 0 bridgehead atoms. The molecule has 1 aromatic heterocycles. The number of nitrogens with one attached hydrogen (secondary N) is 1. The number of halogens is 1. The maximum absolute atomic E-state index is 12.0. The van der Waals surface area contributed by atoms with Crippen LogP contribution in [0, 0.1) is 0 Å². The number of fused-ring (bicyclic) bond motifs is 1. The fourth-order valence-electron chi connectivity index (χ4n) is 1.70. The number of aromatic nitrogens is 1. The molecule has 1 amide bonds. The van der Waals surface area contributed by atoms with Crippen molar-refractivity contribution in [2.45, 2.75) is 0 Å². The Morgan fingerprint density at radius 2 is 1.84 bits per heavy atom. The molecule has 0 saturated heterocycles. The zero-order valence-electron chi connectivity index (χ0n) is 9.76.